The third kappa shape index (κ3) is 3.63. The van der Waals surface area contributed by atoms with Gasteiger partial charge in [-0.05, 0) is 44.5 Å². The van der Waals surface area contributed by atoms with E-state index in [1.165, 1.54) is 0 Å². The third-order valence-corrected chi connectivity index (χ3v) is 5.65. The Kier molecular flexibility index (Phi) is 5.43. The minimum absolute atomic E-state index is 0.142. The number of fused-ring (bicyclic) bond motifs is 1. The third-order valence-electron chi connectivity index (χ3n) is 5.37. The van der Waals surface area contributed by atoms with Gasteiger partial charge in [0.2, 0.25) is 0 Å². The molecule has 0 aliphatic carbocycles. The van der Waals surface area contributed by atoms with Gasteiger partial charge >= 0.3 is 0 Å². The first kappa shape index (κ1) is 20.3. The molecule has 1 amide bonds. The highest BCUT2D eigenvalue weighted by Crippen LogP contribution is 2.38. The molecule has 3 aromatic rings. The first-order valence-electron chi connectivity index (χ1n) is 9.82. The number of hydrogen-bond acceptors (Lipinski definition) is 4. The average Bonchev–Trinajstić information content (AvgIpc) is 3.01. The summed E-state index contributed by atoms with van der Waals surface area (Å²) < 4.78 is 13.1. The number of carbonyl (C=O) groups is 1. The Morgan fingerprint density at radius 1 is 1.17 bits per heavy atom. The molecule has 2 heterocycles. The van der Waals surface area contributed by atoms with E-state index in [4.69, 9.17) is 26.2 Å². The van der Waals surface area contributed by atoms with Crippen molar-refractivity contribution in [1.29, 1.82) is 0 Å². The summed E-state index contributed by atoms with van der Waals surface area (Å²) in [6.07, 6.45) is 0. The molecule has 1 aliphatic heterocycles. The molecule has 1 aromatic heterocycles. The van der Waals surface area contributed by atoms with Crippen molar-refractivity contribution in [2.24, 2.45) is 0 Å². The zero-order chi connectivity index (χ0) is 21.4. The molecule has 4 rings (SSSR count). The summed E-state index contributed by atoms with van der Waals surface area (Å²) in [6.45, 7) is 7.38. The summed E-state index contributed by atoms with van der Waals surface area (Å²) in [5.41, 5.74) is 5.59. The number of ether oxygens (including phenoxy) is 2. The first-order valence-corrected chi connectivity index (χ1v) is 10.2. The fourth-order valence-electron chi connectivity index (χ4n) is 3.70. The second-order valence-electron chi connectivity index (χ2n) is 7.49. The molecule has 6 nitrogen and oxygen atoms in total. The van der Waals surface area contributed by atoms with Crippen molar-refractivity contribution in [1.82, 2.24) is 14.7 Å². The van der Waals surface area contributed by atoms with Gasteiger partial charge in [0.25, 0.3) is 5.91 Å². The maximum absolute atomic E-state index is 13.1. The molecule has 0 unspecified atom stereocenters. The lowest BCUT2D eigenvalue weighted by atomic mass is 10.1. The zero-order valence-corrected chi connectivity index (χ0v) is 18.3. The number of nitrogens with zero attached hydrogens (tertiary/aromatic N) is 3. The van der Waals surface area contributed by atoms with Crippen LogP contribution in [-0.4, -0.2) is 40.8 Å². The molecule has 0 radical (unpaired) electrons. The maximum atomic E-state index is 13.1. The van der Waals surface area contributed by atoms with Gasteiger partial charge in [-0.1, -0.05) is 29.8 Å². The van der Waals surface area contributed by atoms with Crippen molar-refractivity contribution >= 4 is 17.5 Å². The van der Waals surface area contributed by atoms with Gasteiger partial charge in [-0.2, -0.15) is 5.10 Å². The van der Waals surface area contributed by atoms with Crippen molar-refractivity contribution in [2.75, 3.05) is 20.3 Å². The average molecular weight is 426 g/mol. The summed E-state index contributed by atoms with van der Waals surface area (Å²) in [6, 6.07) is 11.4. The van der Waals surface area contributed by atoms with Gasteiger partial charge in [0, 0.05) is 30.4 Å². The van der Waals surface area contributed by atoms with Crippen molar-refractivity contribution < 1.29 is 14.3 Å². The lowest BCUT2D eigenvalue weighted by molar-refractivity contribution is 0.0783. The van der Waals surface area contributed by atoms with E-state index in [0.29, 0.717) is 41.8 Å². The van der Waals surface area contributed by atoms with Crippen LogP contribution in [0, 0.1) is 20.8 Å². The van der Waals surface area contributed by atoms with Crippen molar-refractivity contribution in [3.63, 3.8) is 0 Å². The highest BCUT2D eigenvalue weighted by molar-refractivity contribution is 6.32. The molecule has 156 valence electrons. The van der Waals surface area contributed by atoms with E-state index in [-0.39, 0.29) is 5.91 Å². The van der Waals surface area contributed by atoms with E-state index >= 15 is 0 Å². The number of benzene rings is 2. The smallest absolute Gasteiger partial charge is 0.254 e. The van der Waals surface area contributed by atoms with Crippen LogP contribution in [0.5, 0.6) is 11.5 Å². The minimum atomic E-state index is -0.142. The molecule has 2 aromatic carbocycles. The fourth-order valence-corrected chi connectivity index (χ4v) is 3.97. The lowest BCUT2D eigenvalue weighted by Gasteiger charge is -2.22. The number of rotatable bonds is 4. The molecule has 0 fully saturated rings. The van der Waals surface area contributed by atoms with Crippen LogP contribution in [0.2, 0.25) is 5.02 Å². The Morgan fingerprint density at radius 3 is 2.67 bits per heavy atom. The van der Waals surface area contributed by atoms with Crippen LogP contribution in [-0.2, 0) is 6.54 Å². The molecule has 1 aliphatic rings. The summed E-state index contributed by atoms with van der Waals surface area (Å²) in [5.74, 6) is 0.856. The summed E-state index contributed by atoms with van der Waals surface area (Å²) in [7, 11) is 1.77. The van der Waals surface area contributed by atoms with Gasteiger partial charge in [0.05, 0.1) is 16.4 Å². The Morgan fingerprint density at radius 2 is 1.90 bits per heavy atom. The van der Waals surface area contributed by atoms with E-state index in [2.05, 4.69) is 13.0 Å². The number of aryl methyl sites for hydroxylation is 2. The van der Waals surface area contributed by atoms with Gasteiger partial charge in [-0.15, -0.1) is 0 Å². The zero-order valence-electron chi connectivity index (χ0n) is 17.5. The van der Waals surface area contributed by atoms with E-state index in [1.54, 1.807) is 24.1 Å². The van der Waals surface area contributed by atoms with Crippen LogP contribution >= 0.6 is 11.6 Å². The summed E-state index contributed by atoms with van der Waals surface area (Å²) in [4.78, 5) is 14.8. The topological polar surface area (TPSA) is 56.6 Å². The van der Waals surface area contributed by atoms with Crippen LogP contribution in [0.1, 0.15) is 32.9 Å². The van der Waals surface area contributed by atoms with Crippen LogP contribution in [0.3, 0.4) is 0 Å². The first-order chi connectivity index (χ1) is 14.4. The van der Waals surface area contributed by atoms with E-state index < -0.39 is 0 Å². The Bertz CT molecular complexity index is 1120. The largest absolute Gasteiger partial charge is 0.486 e. The maximum Gasteiger partial charge on any atom is 0.254 e. The quantitative estimate of drug-likeness (QED) is 0.617. The monoisotopic (exact) mass is 425 g/mol. The Hall–Kier alpha value is -2.99. The molecule has 0 atom stereocenters. The van der Waals surface area contributed by atoms with Crippen LogP contribution < -0.4 is 9.47 Å². The molecular formula is C23H24ClN3O3. The van der Waals surface area contributed by atoms with Gasteiger partial charge in [-0.3, -0.25) is 4.79 Å². The van der Waals surface area contributed by atoms with Crippen molar-refractivity contribution in [3.8, 4) is 17.2 Å². The van der Waals surface area contributed by atoms with Gasteiger partial charge in [0.1, 0.15) is 13.2 Å². The van der Waals surface area contributed by atoms with Gasteiger partial charge in [-0.25, -0.2) is 4.68 Å². The molecule has 0 N–H and O–H groups in total. The van der Waals surface area contributed by atoms with Crippen LogP contribution in [0.4, 0.5) is 0 Å². The molecule has 0 saturated heterocycles. The number of hydrogen-bond donors (Lipinski definition) is 0. The Balaban J connectivity index is 1.60. The predicted octanol–water partition coefficient (Wildman–Crippen LogP) is 4.49. The second kappa shape index (κ2) is 8.03. The number of amides is 1. The Labute approximate surface area is 181 Å². The molecule has 30 heavy (non-hydrogen) atoms. The number of aromatic nitrogens is 2. The second-order valence-corrected chi connectivity index (χ2v) is 7.90. The summed E-state index contributed by atoms with van der Waals surface area (Å²) >= 11 is 6.30. The van der Waals surface area contributed by atoms with E-state index in [1.807, 2.05) is 36.7 Å². The molecule has 0 spiro atoms. The van der Waals surface area contributed by atoms with Crippen molar-refractivity contribution in [2.45, 2.75) is 27.3 Å². The highest BCUT2D eigenvalue weighted by Gasteiger charge is 2.23. The van der Waals surface area contributed by atoms with Crippen LogP contribution in [0.25, 0.3) is 5.69 Å². The molecular weight excluding hydrogens is 402 g/mol. The highest BCUT2D eigenvalue weighted by atomic mass is 35.5. The van der Waals surface area contributed by atoms with Gasteiger partial charge in [0.15, 0.2) is 11.5 Å². The number of carbonyl (C=O) groups excluding carboxylic acids is 1. The standard InChI is InChI=1S/C23H24ClN3O3/c1-14-7-5-6-8-20(14)27-16(3)18(15(2)25-27)13-26(4)23(28)17-11-19(24)22-21(12-17)29-9-10-30-22/h5-8,11-12H,9-10,13H2,1-4H3. The predicted molar refractivity (Wildman–Crippen MR) is 116 cm³/mol. The number of halogens is 1. The normalized spacial score (nSPS) is 12.7. The van der Waals surface area contributed by atoms with E-state index in [9.17, 15) is 4.79 Å². The molecule has 7 heteroatoms. The van der Waals surface area contributed by atoms with Crippen molar-refractivity contribution in [3.05, 3.63) is 69.5 Å². The minimum Gasteiger partial charge on any atom is -0.486 e. The van der Waals surface area contributed by atoms with Crippen LogP contribution in [0.15, 0.2) is 36.4 Å². The fraction of sp³-hybridized carbons (Fsp3) is 0.304. The van der Waals surface area contributed by atoms with E-state index in [0.717, 1.165) is 28.2 Å². The SMILES string of the molecule is Cc1ccccc1-n1nc(C)c(CN(C)C(=O)c2cc(Cl)c3c(c2)OCCO3)c1C. The lowest BCUT2D eigenvalue weighted by Crippen LogP contribution is -2.27. The molecule has 0 bridgehead atoms. The molecule has 0 saturated carbocycles. The van der Waals surface area contributed by atoms with Gasteiger partial charge < -0.3 is 14.4 Å². The number of para-hydroxylation sites is 1. The summed E-state index contributed by atoms with van der Waals surface area (Å²) in [5, 5.41) is 5.10.